The fourth-order valence-corrected chi connectivity index (χ4v) is 5.84. The number of rotatable bonds is 13. The van der Waals surface area contributed by atoms with Crippen LogP contribution >= 0.6 is 0 Å². The highest BCUT2D eigenvalue weighted by Crippen LogP contribution is 2.37. The van der Waals surface area contributed by atoms with Gasteiger partial charge >= 0.3 is 12.3 Å². The van der Waals surface area contributed by atoms with Gasteiger partial charge in [-0.05, 0) is 50.8 Å². The molecule has 1 aromatic carbocycles. The Labute approximate surface area is 266 Å². The summed E-state index contributed by atoms with van der Waals surface area (Å²) in [7, 11) is 1.31. The summed E-state index contributed by atoms with van der Waals surface area (Å²) in [4.78, 5) is 34.3. The Balaban J connectivity index is 1.34. The maximum atomic E-state index is 14.2. The van der Waals surface area contributed by atoms with E-state index >= 15 is 0 Å². The molecule has 3 atom stereocenters. The summed E-state index contributed by atoms with van der Waals surface area (Å²) in [6.07, 6.45) is -3.41. The van der Waals surface area contributed by atoms with Gasteiger partial charge in [0.05, 0.1) is 38.1 Å². The van der Waals surface area contributed by atoms with Gasteiger partial charge in [0.15, 0.2) is 5.65 Å². The quantitative estimate of drug-likeness (QED) is 0.273. The number of aromatic nitrogens is 3. The number of pyridine rings is 1. The minimum Gasteiger partial charge on any atom is -0.453 e. The molecule has 5 rings (SSSR count). The number of alkyl carbamates (subject to hydrolysis) is 1. The molecule has 1 aliphatic heterocycles. The standard InChI is InChI=1S/C32H41F3N6O5/c1-21-10-13-26-28(38-40(29(26)37-21)15-7-14-36-31(43)44-3)22(2)41(24-11-12-24)30(42)27-17-39(16-23-8-5-4-6-9-23)25(19-46-27)18-45-20-32(33,34)35/h4-6,8-10,13,22,24-25,27H,7,11-12,14-20H2,1-3H3,(H,36,43)/t22-,25+,27-/m1/s1. The number of hydrogen-bond donors (Lipinski definition) is 1. The van der Waals surface area contributed by atoms with E-state index in [0.717, 1.165) is 35.2 Å². The minimum absolute atomic E-state index is 0.0318. The van der Waals surface area contributed by atoms with Crippen LogP contribution in [0.1, 0.15) is 49.2 Å². The molecule has 0 radical (unpaired) electrons. The van der Waals surface area contributed by atoms with E-state index in [4.69, 9.17) is 19.6 Å². The molecule has 14 heteroatoms. The van der Waals surface area contributed by atoms with Crippen LogP contribution in [-0.2, 0) is 32.1 Å². The molecule has 2 aliphatic rings. The number of amides is 2. The highest BCUT2D eigenvalue weighted by molar-refractivity contribution is 5.84. The van der Waals surface area contributed by atoms with Gasteiger partial charge in [-0.3, -0.25) is 9.69 Å². The van der Waals surface area contributed by atoms with E-state index in [-0.39, 0.29) is 37.7 Å². The predicted molar refractivity (Wildman–Crippen MR) is 163 cm³/mol. The van der Waals surface area contributed by atoms with Gasteiger partial charge < -0.3 is 24.4 Å². The lowest BCUT2D eigenvalue weighted by Crippen LogP contribution is -2.56. The molecule has 250 valence electrons. The van der Waals surface area contributed by atoms with Crippen LogP contribution < -0.4 is 5.32 Å². The topological polar surface area (TPSA) is 111 Å². The van der Waals surface area contributed by atoms with Crippen molar-refractivity contribution in [2.75, 3.05) is 40.0 Å². The Morgan fingerprint density at radius 1 is 1.17 bits per heavy atom. The first-order valence-corrected chi connectivity index (χ1v) is 15.6. The maximum absolute atomic E-state index is 14.2. The normalized spacial score (nSPS) is 19.6. The number of methoxy groups -OCH3 is 1. The fraction of sp³-hybridized carbons (Fsp3) is 0.562. The van der Waals surface area contributed by atoms with E-state index in [0.29, 0.717) is 31.7 Å². The van der Waals surface area contributed by atoms with Crippen LogP contribution in [0.25, 0.3) is 11.0 Å². The zero-order valence-corrected chi connectivity index (χ0v) is 26.3. The van der Waals surface area contributed by atoms with Crippen molar-refractivity contribution in [3.63, 3.8) is 0 Å². The molecule has 2 aromatic heterocycles. The molecule has 0 spiro atoms. The molecule has 1 aliphatic carbocycles. The second-order valence-electron chi connectivity index (χ2n) is 11.9. The van der Waals surface area contributed by atoms with Crippen LogP contribution in [0.3, 0.4) is 0 Å². The van der Waals surface area contributed by atoms with Crippen molar-refractivity contribution >= 4 is 23.0 Å². The Morgan fingerprint density at radius 2 is 1.93 bits per heavy atom. The number of ether oxygens (including phenoxy) is 3. The van der Waals surface area contributed by atoms with Crippen molar-refractivity contribution in [3.05, 3.63) is 59.4 Å². The van der Waals surface area contributed by atoms with E-state index in [9.17, 15) is 22.8 Å². The summed E-state index contributed by atoms with van der Waals surface area (Å²) in [5, 5.41) is 8.43. The van der Waals surface area contributed by atoms with Crippen molar-refractivity contribution in [1.29, 1.82) is 0 Å². The van der Waals surface area contributed by atoms with Crippen LogP contribution in [0, 0.1) is 6.92 Å². The third kappa shape index (κ3) is 8.53. The molecule has 2 amide bonds. The number of halogens is 3. The molecule has 3 aromatic rings. The SMILES string of the molecule is COC(=O)NCCCn1nc([C@@H](C)N(C(=O)[C@H]2CN(Cc3ccccc3)[C@@H](COCC(F)(F)F)CO2)C2CC2)c2ccc(C)nc21. The number of alkyl halides is 3. The molecule has 1 saturated heterocycles. The Bertz CT molecular complexity index is 1480. The number of morpholine rings is 1. The summed E-state index contributed by atoms with van der Waals surface area (Å²) in [5.74, 6) is -0.173. The van der Waals surface area contributed by atoms with Gasteiger partial charge in [0.25, 0.3) is 5.91 Å². The summed E-state index contributed by atoms with van der Waals surface area (Å²) >= 11 is 0. The molecule has 11 nitrogen and oxygen atoms in total. The average Bonchev–Trinajstić information content (AvgIpc) is 3.80. The van der Waals surface area contributed by atoms with Crippen molar-refractivity contribution in [1.82, 2.24) is 29.9 Å². The second-order valence-corrected chi connectivity index (χ2v) is 11.9. The summed E-state index contributed by atoms with van der Waals surface area (Å²) in [6.45, 7) is 3.98. The predicted octanol–water partition coefficient (Wildman–Crippen LogP) is 4.39. The molecule has 0 bridgehead atoms. The zero-order chi connectivity index (χ0) is 32.8. The van der Waals surface area contributed by atoms with Crippen LogP contribution in [0.5, 0.6) is 0 Å². The maximum Gasteiger partial charge on any atom is 0.411 e. The smallest absolute Gasteiger partial charge is 0.411 e. The molecule has 1 saturated carbocycles. The summed E-state index contributed by atoms with van der Waals surface area (Å²) in [6, 6.07) is 12.7. The number of nitrogens with zero attached hydrogens (tertiary/aromatic N) is 5. The van der Waals surface area contributed by atoms with Crippen molar-refractivity contribution in [2.24, 2.45) is 0 Å². The number of benzene rings is 1. The first-order chi connectivity index (χ1) is 22.0. The van der Waals surface area contributed by atoms with Gasteiger partial charge in [-0.1, -0.05) is 30.3 Å². The second kappa shape index (κ2) is 14.8. The highest BCUT2D eigenvalue weighted by Gasteiger charge is 2.43. The summed E-state index contributed by atoms with van der Waals surface area (Å²) in [5.41, 5.74) is 3.23. The third-order valence-corrected chi connectivity index (χ3v) is 8.26. The van der Waals surface area contributed by atoms with Crippen molar-refractivity contribution in [3.8, 4) is 0 Å². The molecular weight excluding hydrogens is 605 g/mol. The lowest BCUT2D eigenvalue weighted by molar-refractivity contribution is -0.184. The molecule has 2 fully saturated rings. The van der Waals surface area contributed by atoms with Gasteiger partial charge in [0, 0.05) is 43.3 Å². The van der Waals surface area contributed by atoms with Crippen LogP contribution in [0.4, 0.5) is 18.0 Å². The molecular formula is C32H41F3N6O5. The lowest BCUT2D eigenvalue weighted by atomic mass is 10.1. The van der Waals surface area contributed by atoms with Gasteiger partial charge in [-0.25, -0.2) is 14.5 Å². The molecule has 3 heterocycles. The number of carbonyl (C=O) groups is 2. The van der Waals surface area contributed by atoms with Gasteiger partial charge in [0.2, 0.25) is 0 Å². The molecule has 1 N–H and O–H groups in total. The van der Waals surface area contributed by atoms with Gasteiger partial charge in [-0.2, -0.15) is 18.3 Å². The van der Waals surface area contributed by atoms with Gasteiger partial charge in [-0.15, -0.1) is 0 Å². The summed E-state index contributed by atoms with van der Waals surface area (Å²) < 4.78 is 55.9. The van der Waals surface area contributed by atoms with E-state index in [1.165, 1.54) is 7.11 Å². The molecule has 0 unspecified atom stereocenters. The average molecular weight is 647 g/mol. The van der Waals surface area contributed by atoms with E-state index in [1.807, 2.05) is 70.8 Å². The Morgan fingerprint density at radius 3 is 2.63 bits per heavy atom. The highest BCUT2D eigenvalue weighted by atomic mass is 19.4. The van der Waals surface area contributed by atoms with Crippen LogP contribution in [0.15, 0.2) is 42.5 Å². The van der Waals surface area contributed by atoms with Gasteiger partial charge in [0.1, 0.15) is 12.7 Å². The van der Waals surface area contributed by atoms with E-state index in [1.54, 1.807) is 0 Å². The van der Waals surface area contributed by atoms with E-state index < -0.39 is 31.0 Å². The Kier molecular flexibility index (Phi) is 10.8. The third-order valence-electron chi connectivity index (χ3n) is 8.26. The number of nitrogens with one attached hydrogen (secondary N) is 1. The van der Waals surface area contributed by atoms with Crippen molar-refractivity contribution in [2.45, 2.75) is 76.6 Å². The largest absolute Gasteiger partial charge is 0.453 e. The van der Waals surface area contributed by atoms with Crippen LogP contribution in [-0.4, -0.2) is 101 Å². The first-order valence-electron chi connectivity index (χ1n) is 15.6. The number of aryl methyl sites for hydroxylation is 2. The first kappa shape index (κ1) is 33.6. The lowest BCUT2D eigenvalue weighted by Gasteiger charge is -2.41. The van der Waals surface area contributed by atoms with Crippen LogP contribution in [0.2, 0.25) is 0 Å². The number of carbonyl (C=O) groups excluding carboxylic acids is 2. The zero-order valence-electron chi connectivity index (χ0n) is 26.3. The van der Waals surface area contributed by atoms with Crippen molar-refractivity contribution < 1.29 is 37.0 Å². The molecule has 46 heavy (non-hydrogen) atoms. The minimum atomic E-state index is -4.43. The fourth-order valence-electron chi connectivity index (χ4n) is 5.84. The number of hydrogen-bond acceptors (Lipinski definition) is 8. The van der Waals surface area contributed by atoms with E-state index in [2.05, 4.69) is 10.1 Å². The Hall–Kier alpha value is -3.75. The monoisotopic (exact) mass is 646 g/mol. The number of fused-ring (bicyclic) bond motifs is 1.